The van der Waals surface area contributed by atoms with Crippen molar-refractivity contribution in [2.75, 3.05) is 5.75 Å². The summed E-state index contributed by atoms with van der Waals surface area (Å²) >= 11 is 1.90. The van der Waals surface area contributed by atoms with Crippen LogP contribution in [0, 0.1) is 0 Å². The van der Waals surface area contributed by atoms with E-state index in [9.17, 15) is 0 Å². The molecule has 1 aliphatic rings. The number of benzene rings is 1. The Labute approximate surface area is 108 Å². The van der Waals surface area contributed by atoms with Crippen LogP contribution in [0.2, 0.25) is 0 Å². The molecule has 17 heavy (non-hydrogen) atoms. The molecule has 1 fully saturated rings. The van der Waals surface area contributed by atoms with Crippen molar-refractivity contribution in [1.29, 1.82) is 0 Å². The smallest absolute Gasteiger partial charge is 0.119 e. The molecule has 1 aromatic rings. The van der Waals surface area contributed by atoms with Gasteiger partial charge in [0.25, 0.3) is 0 Å². The molecule has 2 N–H and O–H groups in total. The highest BCUT2D eigenvalue weighted by atomic mass is 32.2. The van der Waals surface area contributed by atoms with E-state index < -0.39 is 0 Å². The van der Waals surface area contributed by atoms with Gasteiger partial charge in [-0.05, 0) is 35.8 Å². The molecule has 2 rings (SSSR count). The lowest BCUT2D eigenvalue weighted by Gasteiger charge is -2.14. The van der Waals surface area contributed by atoms with Crippen molar-refractivity contribution in [1.82, 2.24) is 0 Å². The monoisotopic (exact) mass is 251 g/mol. The van der Waals surface area contributed by atoms with E-state index >= 15 is 0 Å². The molecule has 0 spiro atoms. The Morgan fingerprint density at radius 3 is 2.47 bits per heavy atom. The van der Waals surface area contributed by atoms with E-state index in [0.29, 0.717) is 11.4 Å². The average Bonchev–Trinajstić information content (AvgIpc) is 3.11. The Hall–Kier alpha value is -0.670. The standard InChI is InChI=1S/C14H21NOS/c1-10(2)17-9-14(15)11-3-5-12(6-4-11)16-13-7-8-13/h3-6,10,13-14H,7-9,15H2,1-2H3. The summed E-state index contributed by atoms with van der Waals surface area (Å²) in [6.45, 7) is 4.40. The van der Waals surface area contributed by atoms with Gasteiger partial charge in [0.2, 0.25) is 0 Å². The Kier molecular flexibility index (Phi) is 4.35. The average molecular weight is 251 g/mol. The van der Waals surface area contributed by atoms with Crippen LogP contribution >= 0.6 is 11.8 Å². The van der Waals surface area contributed by atoms with E-state index in [0.717, 1.165) is 11.5 Å². The van der Waals surface area contributed by atoms with Crippen LogP contribution in [0.1, 0.15) is 38.3 Å². The second-order valence-corrected chi connectivity index (χ2v) is 6.48. The van der Waals surface area contributed by atoms with Crippen molar-refractivity contribution in [3.8, 4) is 5.75 Å². The van der Waals surface area contributed by atoms with Crippen molar-refractivity contribution >= 4 is 11.8 Å². The quantitative estimate of drug-likeness (QED) is 0.842. The Morgan fingerprint density at radius 2 is 1.94 bits per heavy atom. The van der Waals surface area contributed by atoms with Crippen LogP contribution in [0.25, 0.3) is 0 Å². The van der Waals surface area contributed by atoms with Gasteiger partial charge in [-0.25, -0.2) is 0 Å². The Bertz CT molecular complexity index is 346. The predicted molar refractivity (Wildman–Crippen MR) is 74.6 cm³/mol. The van der Waals surface area contributed by atoms with Crippen LogP contribution in [-0.4, -0.2) is 17.1 Å². The SMILES string of the molecule is CC(C)SCC(N)c1ccc(OC2CC2)cc1. The fourth-order valence-corrected chi connectivity index (χ4v) is 2.35. The third-order valence-corrected chi connectivity index (χ3v) is 3.96. The molecule has 0 saturated heterocycles. The molecule has 0 amide bonds. The number of rotatable bonds is 6. The lowest BCUT2D eigenvalue weighted by Crippen LogP contribution is -2.14. The maximum atomic E-state index is 6.15. The third-order valence-electron chi connectivity index (χ3n) is 2.74. The third kappa shape index (κ3) is 4.25. The van der Waals surface area contributed by atoms with Crippen LogP contribution in [0.3, 0.4) is 0 Å². The van der Waals surface area contributed by atoms with Crippen LogP contribution < -0.4 is 10.5 Å². The van der Waals surface area contributed by atoms with E-state index in [1.165, 1.54) is 18.4 Å². The normalized spacial score (nSPS) is 17.2. The highest BCUT2D eigenvalue weighted by Gasteiger charge is 2.23. The van der Waals surface area contributed by atoms with E-state index in [2.05, 4.69) is 26.0 Å². The summed E-state index contributed by atoms with van der Waals surface area (Å²) in [5, 5.41) is 0.638. The van der Waals surface area contributed by atoms with Crippen molar-refractivity contribution in [2.24, 2.45) is 5.73 Å². The molecule has 0 radical (unpaired) electrons. The maximum absolute atomic E-state index is 6.15. The second-order valence-electron chi connectivity index (χ2n) is 4.87. The molecular weight excluding hydrogens is 230 g/mol. The molecule has 1 saturated carbocycles. The van der Waals surface area contributed by atoms with Gasteiger partial charge in [-0.15, -0.1) is 0 Å². The number of nitrogens with two attached hydrogens (primary N) is 1. The second kappa shape index (κ2) is 5.78. The van der Waals surface area contributed by atoms with Crippen LogP contribution in [0.4, 0.5) is 0 Å². The molecule has 1 atom stereocenters. The molecule has 2 nitrogen and oxygen atoms in total. The van der Waals surface area contributed by atoms with E-state index in [4.69, 9.17) is 10.5 Å². The van der Waals surface area contributed by atoms with Crippen LogP contribution in [0.15, 0.2) is 24.3 Å². The van der Waals surface area contributed by atoms with Crippen molar-refractivity contribution < 1.29 is 4.74 Å². The van der Waals surface area contributed by atoms with Gasteiger partial charge in [-0.3, -0.25) is 0 Å². The molecule has 1 unspecified atom stereocenters. The van der Waals surface area contributed by atoms with E-state index in [1.807, 2.05) is 23.9 Å². The summed E-state index contributed by atoms with van der Waals surface area (Å²) < 4.78 is 5.71. The molecule has 3 heteroatoms. The number of thioether (sulfide) groups is 1. The van der Waals surface area contributed by atoms with Crippen LogP contribution in [0.5, 0.6) is 5.75 Å². The van der Waals surface area contributed by atoms with Gasteiger partial charge in [-0.1, -0.05) is 26.0 Å². The molecule has 94 valence electrons. The van der Waals surface area contributed by atoms with Gasteiger partial charge >= 0.3 is 0 Å². The minimum absolute atomic E-state index is 0.123. The fraction of sp³-hybridized carbons (Fsp3) is 0.571. The summed E-state index contributed by atoms with van der Waals surface area (Å²) in [4.78, 5) is 0. The minimum Gasteiger partial charge on any atom is -0.490 e. The fourth-order valence-electron chi connectivity index (χ4n) is 1.56. The summed E-state index contributed by atoms with van der Waals surface area (Å²) in [5.41, 5.74) is 7.34. The van der Waals surface area contributed by atoms with Crippen molar-refractivity contribution in [3.05, 3.63) is 29.8 Å². The van der Waals surface area contributed by atoms with Gasteiger partial charge in [0.05, 0.1) is 6.10 Å². The first kappa shape index (κ1) is 12.8. The van der Waals surface area contributed by atoms with E-state index in [-0.39, 0.29) is 6.04 Å². The largest absolute Gasteiger partial charge is 0.490 e. The molecule has 0 aliphatic heterocycles. The summed E-state index contributed by atoms with van der Waals surface area (Å²) in [7, 11) is 0. The maximum Gasteiger partial charge on any atom is 0.119 e. The number of hydrogen-bond acceptors (Lipinski definition) is 3. The summed E-state index contributed by atoms with van der Waals surface area (Å²) in [6, 6.07) is 8.37. The summed E-state index contributed by atoms with van der Waals surface area (Å²) in [6.07, 6.45) is 2.87. The van der Waals surface area contributed by atoms with Crippen molar-refractivity contribution in [3.63, 3.8) is 0 Å². The van der Waals surface area contributed by atoms with E-state index in [1.54, 1.807) is 0 Å². The van der Waals surface area contributed by atoms with Gasteiger partial charge in [0.1, 0.15) is 5.75 Å². The molecule has 0 aromatic heterocycles. The molecule has 0 heterocycles. The number of ether oxygens (including phenoxy) is 1. The van der Waals surface area contributed by atoms with Crippen LogP contribution in [-0.2, 0) is 0 Å². The zero-order chi connectivity index (χ0) is 12.3. The zero-order valence-corrected chi connectivity index (χ0v) is 11.4. The zero-order valence-electron chi connectivity index (χ0n) is 10.6. The summed E-state index contributed by atoms with van der Waals surface area (Å²) in [5.74, 6) is 1.94. The van der Waals surface area contributed by atoms with Gasteiger partial charge in [0.15, 0.2) is 0 Å². The molecule has 1 aliphatic carbocycles. The van der Waals surface area contributed by atoms with Gasteiger partial charge in [0, 0.05) is 11.8 Å². The minimum atomic E-state index is 0.123. The first-order chi connectivity index (χ1) is 8.15. The van der Waals surface area contributed by atoms with Gasteiger partial charge in [-0.2, -0.15) is 11.8 Å². The lowest BCUT2D eigenvalue weighted by atomic mass is 10.1. The Morgan fingerprint density at radius 1 is 1.29 bits per heavy atom. The first-order valence-electron chi connectivity index (χ1n) is 6.29. The predicted octanol–water partition coefficient (Wildman–Crippen LogP) is 3.37. The first-order valence-corrected chi connectivity index (χ1v) is 7.34. The molecule has 0 bridgehead atoms. The lowest BCUT2D eigenvalue weighted by molar-refractivity contribution is 0.303. The Balaban J connectivity index is 1.87. The molecule has 1 aromatic carbocycles. The highest BCUT2D eigenvalue weighted by Crippen LogP contribution is 2.27. The number of hydrogen-bond donors (Lipinski definition) is 1. The topological polar surface area (TPSA) is 35.2 Å². The molecular formula is C14H21NOS. The van der Waals surface area contributed by atoms with Crippen molar-refractivity contribution in [2.45, 2.75) is 44.1 Å². The van der Waals surface area contributed by atoms with Gasteiger partial charge < -0.3 is 10.5 Å². The highest BCUT2D eigenvalue weighted by molar-refractivity contribution is 7.99.